The molecular formula is C14H12BrFOS. The zero-order chi connectivity index (χ0) is 13.0. The number of halogens is 2. The van der Waals surface area contributed by atoms with Gasteiger partial charge in [0.2, 0.25) is 0 Å². The van der Waals surface area contributed by atoms with E-state index in [4.69, 9.17) is 4.74 Å². The van der Waals surface area contributed by atoms with E-state index in [0.717, 1.165) is 10.2 Å². The molecule has 0 aliphatic carbocycles. The van der Waals surface area contributed by atoms with E-state index in [9.17, 15) is 4.39 Å². The second-order valence-electron chi connectivity index (χ2n) is 3.70. The van der Waals surface area contributed by atoms with Gasteiger partial charge in [-0.05, 0) is 42.7 Å². The largest absolute Gasteiger partial charge is 0.489 e. The zero-order valence-corrected chi connectivity index (χ0v) is 12.2. The molecule has 2 aromatic carbocycles. The molecule has 0 fully saturated rings. The van der Waals surface area contributed by atoms with Gasteiger partial charge in [-0.2, -0.15) is 0 Å². The molecule has 0 aliphatic rings. The lowest BCUT2D eigenvalue weighted by atomic mass is 10.2. The molecule has 94 valence electrons. The Bertz CT molecular complexity index is 528. The summed E-state index contributed by atoms with van der Waals surface area (Å²) in [5, 5.41) is 0. The lowest BCUT2D eigenvalue weighted by Crippen LogP contribution is -1.98. The highest BCUT2D eigenvalue weighted by Gasteiger charge is 2.03. The molecule has 0 aliphatic heterocycles. The molecular weight excluding hydrogens is 315 g/mol. The minimum Gasteiger partial charge on any atom is -0.489 e. The van der Waals surface area contributed by atoms with E-state index in [1.54, 1.807) is 23.9 Å². The second kappa shape index (κ2) is 6.25. The summed E-state index contributed by atoms with van der Waals surface area (Å²) in [4.78, 5) is 1.18. The van der Waals surface area contributed by atoms with Crippen LogP contribution in [0.25, 0.3) is 0 Å². The fraction of sp³-hybridized carbons (Fsp3) is 0.143. The van der Waals surface area contributed by atoms with Crippen molar-refractivity contribution in [2.75, 3.05) is 6.26 Å². The summed E-state index contributed by atoms with van der Waals surface area (Å²) in [7, 11) is 0. The Balaban J connectivity index is 2.02. The Labute approximate surface area is 118 Å². The van der Waals surface area contributed by atoms with Crippen molar-refractivity contribution in [3.63, 3.8) is 0 Å². The molecule has 0 amide bonds. The first kappa shape index (κ1) is 13.4. The van der Waals surface area contributed by atoms with Gasteiger partial charge in [-0.15, -0.1) is 11.8 Å². The summed E-state index contributed by atoms with van der Waals surface area (Å²) in [6, 6.07) is 12.7. The number of hydrogen-bond donors (Lipinski definition) is 0. The number of benzene rings is 2. The molecule has 0 spiro atoms. The Morgan fingerprint density at radius 2 is 1.89 bits per heavy atom. The smallest absolute Gasteiger partial charge is 0.130 e. The third-order valence-corrected chi connectivity index (χ3v) is 3.71. The Kier molecular flexibility index (Phi) is 4.66. The summed E-state index contributed by atoms with van der Waals surface area (Å²) in [5.74, 6) is 0.486. The van der Waals surface area contributed by atoms with Crippen LogP contribution in [0.5, 0.6) is 5.75 Å². The fourth-order valence-corrected chi connectivity index (χ4v) is 2.21. The molecule has 0 radical (unpaired) electrons. The highest BCUT2D eigenvalue weighted by molar-refractivity contribution is 9.10. The second-order valence-corrected chi connectivity index (χ2v) is 5.50. The highest BCUT2D eigenvalue weighted by Crippen LogP contribution is 2.21. The normalized spacial score (nSPS) is 10.4. The molecule has 0 atom stereocenters. The predicted octanol–water partition coefficient (Wildman–Crippen LogP) is 4.89. The van der Waals surface area contributed by atoms with Crippen LogP contribution in [0.3, 0.4) is 0 Å². The molecule has 0 unspecified atom stereocenters. The van der Waals surface area contributed by atoms with Gasteiger partial charge in [0.25, 0.3) is 0 Å². The summed E-state index contributed by atoms with van der Waals surface area (Å²) < 4.78 is 19.8. The van der Waals surface area contributed by atoms with Gasteiger partial charge in [-0.1, -0.05) is 22.0 Å². The van der Waals surface area contributed by atoms with E-state index in [0.29, 0.717) is 5.56 Å². The number of rotatable bonds is 4. The summed E-state index contributed by atoms with van der Waals surface area (Å²) in [6.07, 6.45) is 2.02. The van der Waals surface area contributed by atoms with Crippen molar-refractivity contribution >= 4 is 27.7 Å². The first-order chi connectivity index (χ1) is 8.69. The molecule has 2 aromatic rings. The van der Waals surface area contributed by atoms with Crippen molar-refractivity contribution in [2.24, 2.45) is 0 Å². The molecule has 0 N–H and O–H groups in total. The fourth-order valence-electron chi connectivity index (χ4n) is 1.47. The van der Waals surface area contributed by atoms with Crippen LogP contribution < -0.4 is 4.74 Å². The predicted molar refractivity (Wildman–Crippen MR) is 76.7 cm³/mol. The monoisotopic (exact) mass is 326 g/mol. The summed E-state index contributed by atoms with van der Waals surface area (Å²) in [6.45, 7) is 0.234. The quantitative estimate of drug-likeness (QED) is 0.740. The Morgan fingerprint density at radius 3 is 2.50 bits per heavy atom. The molecule has 4 heteroatoms. The van der Waals surface area contributed by atoms with Crippen molar-refractivity contribution in [3.8, 4) is 5.75 Å². The van der Waals surface area contributed by atoms with Crippen LogP contribution in [0, 0.1) is 5.82 Å². The SMILES string of the molecule is CSc1ccc(OCc2ccc(Br)cc2F)cc1. The topological polar surface area (TPSA) is 9.23 Å². The van der Waals surface area contributed by atoms with Crippen LogP contribution in [0.4, 0.5) is 4.39 Å². The summed E-state index contributed by atoms with van der Waals surface area (Å²) >= 11 is 4.90. The zero-order valence-electron chi connectivity index (χ0n) is 9.82. The van der Waals surface area contributed by atoms with Crippen LogP contribution in [-0.2, 0) is 6.61 Å². The molecule has 0 bridgehead atoms. The molecule has 0 saturated heterocycles. The average molecular weight is 327 g/mol. The molecule has 0 heterocycles. The van der Waals surface area contributed by atoms with Crippen molar-refractivity contribution in [2.45, 2.75) is 11.5 Å². The number of thioether (sulfide) groups is 1. The van der Waals surface area contributed by atoms with Gasteiger partial charge in [0.05, 0.1) is 0 Å². The molecule has 1 nitrogen and oxygen atoms in total. The first-order valence-electron chi connectivity index (χ1n) is 5.40. The Morgan fingerprint density at radius 1 is 1.17 bits per heavy atom. The molecule has 18 heavy (non-hydrogen) atoms. The summed E-state index contributed by atoms with van der Waals surface area (Å²) in [5.41, 5.74) is 0.548. The Hall–Kier alpha value is -1.00. The van der Waals surface area contributed by atoms with E-state index in [-0.39, 0.29) is 12.4 Å². The van der Waals surface area contributed by atoms with Crippen molar-refractivity contribution in [1.29, 1.82) is 0 Å². The van der Waals surface area contributed by atoms with Crippen LogP contribution in [0.2, 0.25) is 0 Å². The van der Waals surface area contributed by atoms with Gasteiger partial charge >= 0.3 is 0 Å². The number of ether oxygens (including phenoxy) is 1. The highest BCUT2D eigenvalue weighted by atomic mass is 79.9. The minimum atomic E-state index is -0.259. The van der Waals surface area contributed by atoms with Gasteiger partial charge in [-0.3, -0.25) is 0 Å². The van der Waals surface area contributed by atoms with Gasteiger partial charge in [0.15, 0.2) is 0 Å². The van der Waals surface area contributed by atoms with Crippen LogP contribution in [-0.4, -0.2) is 6.26 Å². The molecule has 0 aromatic heterocycles. The average Bonchev–Trinajstić information content (AvgIpc) is 2.38. The van der Waals surface area contributed by atoms with E-state index >= 15 is 0 Å². The van der Waals surface area contributed by atoms with Crippen LogP contribution in [0.15, 0.2) is 51.8 Å². The third-order valence-electron chi connectivity index (χ3n) is 2.47. The van der Waals surface area contributed by atoms with Crippen molar-refractivity contribution in [1.82, 2.24) is 0 Å². The van der Waals surface area contributed by atoms with E-state index < -0.39 is 0 Å². The van der Waals surface area contributed by atoms with Crippen molar-refractivity contribution < 1.29 is 9.13 Å². The van der Waals surface area contributed by atoms with Crippen molar-refractivity contribution in [3.05, 3.63) is 58.3 Å². The van der Waals surface area contributed by atoms with Gasteiger partial charge in [0, 0.05) is 14.9 Å². The van der Waals surface area contributed by atoms with E-state index in [1.807, 2.05) is 30.5 Å². The van der Waals surface area contributed by atoms with Crippen LogP contribution in [0.1, 0.15) is 5.56 Å². The lowest BCUT2D eigenvalue weighted by Gasteiger charge is -2.08. The van der Waals surface area contributed by atoms with Crippen LogP contribution >= 0.6 is 27.7 Å². The molecule has 0 saturated carbocycles. The third kappa shape index (κ3) is 3.50. The maximum absolute atomic E-state index is 13.6. The van der Waals surface area contributed by atoms with E-state index in [2.05, 4.69) is 15.9 Å². The van der Waals surface area contributed by atoms with E-state index in [1.165, 1.54) is 11.0 Å². The van der Waals surface area contributed by atoms with Gasteiger partial charge in [0.1, 0.15) is 18.2 Å². The maximum Gasteiger partial charge on any atom is 0.130 e. The number of hydrogen-bond acceptors (Lipinski definition) is 2. The lowest BCUT2D eigenvalue weighted by molar-refractivity contribution is 0.299. The van der Waals surface area contributed by atoms with Gasteiger partial charge in [-0.25, -0.2) is 4.39 Å². The minimum absolute atomic E-state index is 0.234. The standard InChI is InChI=1S/C14H12BrFOS/c1-18-13-6-4-12(5-7-13)17-9-10-2-3-11(15)8-14(10)16/h2-8H,9H2,1H3. The maximum atomic E-state index is 13.6. The molecule has 2 rings (SSSR count). The first-order valence-corrected chi connectivity index (χ1v) is 7.41. The van der Waals surface area contributed by atoms with Gasteiger partial charge < -0.3 is 4.74 Å².